The van der Waals surface area contributed by atoms with E-state index in [2.05, 4.69) is 15.7 Å². The molecule has 1 aromatic rings. The highest BCUT2D eigenvalue weighted by molar-refractivity contribution is 7.91. The van der Waals surface area contributed by atoms with Crippen LogP contribution in [-0.2, 0) is 19.4 Å². The standard InChI is InChI=1S/C16H20N4O6S/c21-14-4-3-12(19-20(14)11-5-9-27(24,25)10-11)15(22)17-6-7-18-16(23)13-2-1-8-26-13/h1-2,8,11H,3-7,9-10H2,(H,17,22)(H,18,23). The first-order valence-corrected chi connectivity index (χ1v) is 10.4. The van der Waals surface area contributed by atoms with Crippen LogP contribution < -0.4 is 10.6 Å². The van der Waals surface area contributed by atoms with E-state index in [0.29, 0.717) is 6.42 Å². The monoisotopic (exact) mass is 396 g/mol. The van der Waals surface area contributed by atoms with Gasteiger partial charge in [0.2, 0.25) is 5.91 Å². The minimum atomic E-state index is -3.16. The second-order valence-corrected chi connectivity index (χ2v) is 8.56. The summed E-state index contributed by atoms with van der Waals surface area (Å²) < 4.78 is 28.2. The molecule has 3 amide bonds. The maximum Gasteiger partial charge on any atom is 0.287 e. The van der Waals surface area contributed by atoms with Crippen LogP contribution in [0, 0.1) is 0 Å². The summed E-state index contributed by atoms with van der Waals surface area (Å²) in [6.45, 7) is 0.373. The fraction of sp³-hybridized carbons (Fsp3) is 0.500. The van der Waals surface area contributed by atoms with Crippen molar-refractivity contribution in [3.8, 4) is 0 Å². The zero-order valence-electron chi connectivity index (χ0n) is 14.5. The molecule has 3 heterocycles. The molecule has 1 atom stereocenters. The molecular weight excluding hydrogens is 376 g/mol. The van der Waals surface area contributed by atoms with Crippen LogP contribution in [0.1, 0.15) is 29.8 Å². The molecule has 146 valence electrons. The van der Waals surface area contributed by atoms with Crippen molar-refractivity contribution < 1.29 is 27.2 Å². The number of hydrazone groups is 1. The van der Waals surface area contributed by atoms with Crippen molar-refractivity contribution in [3.05, 3.63) is 24.2 Å². The van der Waals surface area contributed by atoms with Crippen LogP contribution in [0.25, 0.3) is 0 Å². The molecule has 0 saturated carbocycles. The summed E-state index contributed by atoms with van der Waals surface area (Å²) in [7, 11) is -3.16. The Morgan fingerprint density at radius 3 is 2.59 bits per heavy atom. The van der Waals surface area contributed by atoms with Crippen molar-refractivity contribution in [2.45, 2.75) is 25.3 Å². The van der Waals surface area contributed by atoms with Gasteiger partial charge in [-0.25, -0.2) is 13.4 Å². The summed E-state index contributed by atoms with van der Waals surface area (Å²) in [5, 5.41) is 10.4. The summed E-state index contributed by atoms with van der Waals surface area (Å²) in [6, 6.07) is 2.61. The van der Waals surface area contributed by atoms with E-state index in [1.807, 2.05) is 0 Å². The zero-order chi connectivity index (χ0) is 19.4. The molecule has 3 rings (SSSR count). The van der Waals surface area contributed by atoms with Gasteiger partial charge in [0.1, 0.15) is 5.71 Å². The van der Waals surface area contributed by atoms with Crippen LogP contribution in [0.2, 0.25) is 0 Å². The quantitative estimate of drug-likeness (QED) is 0.609. The number of nitrogens with zero attached hydrogens (tertiary/aromatic N) is 2. The molecule has 1 unspecified atom stereocenters. The molecule has 27 heavy (non-hydrogen) atoms. The highest BCUT2D eigenvalue weighted by atomic mass is 32.2. The zero-order valence-corrected chi connectivity index (χ0v) is 15.3. The van der Waals surface area contributed by atoms with Crippen LogP contribution >= 0.6 is 0 Å². The Morgan fingerprint density at radius 1 is 1.22 bits per heavy atom. The molecule has 2 N–H and O–H groups in total. The van der Waals surface area contributed by atoms with E-state index in [1.165, 1.54) is 12.3 Å². The van der Waals surface area contributed by atoms with Gasteiger partial charge in [-0.3, -0.25) is 14.4 Å². The van der Waals surface area contributed by atoms with E-state index in [-0.39, 0.29) is 60.7 Å². The summed E-state index contributed by atoms with van der Waals surface area (Å²) in [4.78, 5) is 36.0. The molecule has 2 aliphatic heterocycles. The third-order valence-electron chi connectivity index (χ3n) is 4.32. The van der Waals surface area contributed by atoms with E-state index in [9.17, 15) is 22.8 Å². The van der Waals surface area contributed by atoms with Gasteiger partial charge in [-0.15, -0.1) is 0 Å². The van der Waals surface area contributed by atoms with Crippen molar-refractivity contribution in [1.29, 1.82) is 0 Å². The maximum absolute atomic E-state index is 12.2. The van der Waals surface area contributed by atoms with Crippen LogP contribution in [-0.4, -0.2) is 67.5 Å². The summed E-state index contributed by atoms with van der Waals surface area (Å²) in [5.74, 6) is -1.04. The Labute approximate surface area is 155 Å². The Bertz CT molecular complexity index is 861. The summed E-state index contributed by atoms with van der Waals surface area (Å²) in [6.07, 6.45) is 2.02. The lowest BCUT2D eigenvalue weighted by molar-refractivity contribution is -0.133. The number of furan rings is 1. The lowest BCUT2D eigenvalue weighted by atomic mass is 10.1. The van der Waals surface area contributed by atoms with Crippen molar-refractivity contribution in [3.63, 3.8) is 0 Å². The van der Waals surface area contributed by atoms with Gasteiger partial charge >= 0.3 is 0 Å². The SMILES string of the molecule is O=C(NCCNC(=O)c1ccco1)C1=NN(C2CCS(=O)(=O)C2)C(=O)CC1. The number of sulfone groups is 1. The van der Waals surface area contributed by atoms with Gasteiger partial charge in [0.25, 0.3) is 11.8 Å². The molecular formula is C16H20N4O6S. The first-order chi connectivity index (χ1) is 12.9. The first-order valence-electron chi connectivity index (χ1n) is 8.55. The molecule has 0 bridgehead atoms. The Morgan fingerprint density at radius 2 is 1.96 bits per heavy atom. The average molecular weight is 396 g/mol. The third kappa shape index (κ3) is 4.73. The lowest BCUT2D eigenvalue weighted by Crippen LogP contribution is -2.45. The van der Waals surface area contributed by atoms with Crippen LogP contribution in [0.15, 0.2) is 27.9 Å². The van der Waals surface area contributed by atoms with E-state index in [1.54, 1.807) is 6.07 Å². The smallest absolute Gasteiger partial charge is 0.287 e. The molecule has 0 aromatic carbocycles. The highest BCUT2D eigenvalue weighted by Crippen LogP contribution is 2.22. The number of hydrogen-bond acceptors (Lipinski definition) is 7. The molecule has 0 spiro atoms. The normalized spacial score (nSPS) is 21.6. The van der Waals surface area contributed by atoms with Crippen molar-refractivity contribution >= 4 is 33.3 Å². The molecule has 2 aliphatic rings. The highest BCUT2D eigenvalue weighted by Gasteiger charge is 2.37. The fourth-order valence-electron chi connectivity index (χ4n) is 2.94. The fourth-order valence-corrected chi connectivity index (χ4v) is 4.63. The lowest BCUT2D eigenvalue weighted by Gasteiger charge is -2.27. The molecule has 0 aliphatic carbocycles. The number of carbonyl (C=O) groups is 3. The second kappa shape index (κ2) is 7.91. The number of nitrogens with one attached hydrogen (secondary N) is 2. The average Bonchev–Trinajstić information content (AvgIpc) is 3.28. The molecule has 10 nitrogen and oxygen atoms in total. The van der Waals surface area contributed by atoms with Gasteiger partial charge in [-0.05, 0) is 18.6 Å². The first kappa shape index (κ1) is 19.1. The predicted molar refractivity (Wildman–Crippen MR) is 94.6 cm³/mol. The van der Waals surface area contributed by atoms with Crippen LogP contribution in [0.5, 0.6) is 0 Å². The van der Waals surface area contributed by atoms with Crippen LogP contribution in [0.4, 0.5) is 0 Å². The molecule has 11 heteroatoms. The van der Waals surface area contributed by atoms with Crippen LogP contribution in [0.3, 0.4) is 0 Å². The van der Waals surface area contributed by atoms with Gasteiger partial charge in [-0.2, -0.15) is 5.10 Å². The van der Waals surface area contributed by atoms with Crippen molar-refractivity contribution in [2.75, 3.05) is 24.6 Å². The van der Waals surface area contributed by atoms with Gasteiger partial charge in [0.15, 0.2) is 15.6 Å². The van der Waals surface area contributed by atoms with Crippen molar-refractivity contribution in [1.82, 2.24) is 15.6 Å². The Hall–Kier alpha value is -2.69. The minimum Gasteiger partial charge on any atom is -0.459 e. The van der Waals surface area contributed by atoms with Gasteiger partial charge < -0.3 is 15.1 Å². The number of hydrogen-bond donors (Lipinski definition) is 2. The number of carbonyl (C=O) groups excluding carboxylic acids is 3. The molecule has 1 fully saturated rings. The van der Waals surface area contributed by atoms with Crippen molar-refractivity contribution in [2.24, 2.45) is 5.10 Å². The minimum absolute atomic E-state index is 0.0217. The topological polar surface area (TPSA) is 138 Å². The van der Waals surface area contributed by atoms with E-state index in [0.717, 1.165) is 5.01 Å². The Kier molecular flexibility index (Phi) is 5.59. The van der Waals surface area contributed by atoms with Gasteiger partial charge in [0, 0.05) is 25.9 Å². The molecule has 0 radical (unpaired) electrons. The van der Waals surface area contributed by atoms with E-state index >= 15 is 0 Å². The largest absolute Gasteiger partial charge is 0.459 e. The maximum atomic E-state index is 12.2. The number of amides is 3. The van der Waals surface area contributed by atoms with E-state index in [4.69, 9.17) is 4.42 Å². The van der Waals surface area contributed by atoms with Gasteiger partial charge in [0.05, 0.1) is 23.8 Å². The summed E-state index contributed by atoms with van der Waals surface area (Å²) >= 11 is 0. The molecule has 1 saturated heterocycles. The summed E-state index contributed by atoms with van der Waals surface area (Å²) in [5.41, 5.74) is 0.177. The van der Waals surface area contributed by atoms with E-state index < -0.39 is 21.8 Å². The third-order valence-corrected chi connectivity index (χ3v) is 6.07. The molecule has 1 aromatic heterocycles. The Balaban J connectivity index is 1.51. The second-order valence-electron chi connectivity index (χ2n) is 6.33. The van der Waals surface area contributed by atoms with Gasteiger partial charge in [-0.1, -0.05) is 0 Å². The predicted octanol–water partition coefficient (Wildman–Crippen LogP) is -0.709. The number of rotatable bonds is 6.